The smallest absolute Gasteiger partial charge is 0.333 e. The number of fused-ring (bicyclic) bond motifs is 3. The van der Waals surface area contributed by atoms with Crippen LogP contribution in [-0.2, 0) is 22.6 Å². The van der Waals surface area contributed by atoms with Crippen LogP contribution in [0.15, 0.2) is 98.7 Å². The third-order valence-electron chi connectivity index (χ3n) is 10.9. The lowest BCUT2D eigenvalue weighted by atomic mass is 9.70. The number of ether oxygens (including phenoxy) is 2. The third-order valence-corrected chi connectivity index (χ3v) is 10.9. The molecule has 9 N–H and O–H groups in total. The molecule has 0 aliphatic carbocycles. The maximum Gasteiger partial charge on any atom is 0.333 e. The maximum atomic E-state index is 13.9. The number of nitrogens with two attached hydrogens (primary N) is 2. The zero-order valence-electron chi connectivity index (χ0n) is 30.3. The predicted molar refractivity (Wildman–Crippen MR) is 203 cm³/mol. The molecule has 2 aromatic carbocycles. The van der Waals surface area contributed by atoms with Crippen LogP contribution in [0.25, 0.3) is 11.0 Å². The molecular formula is C42H44N4O8. The lowest BCUT2D eigenvalue weighted by Crippen LogP contribution is -2.56. The molecule has 2 bridgehead atoms. The van der Waals surface area contributed by atoms with E-state index in [1.165, 1.54) is 0 Å². The summed E-state index contributed by atoms with van der Waals surface area (Å²) in [7, 11) is 0. The normalized spacial score (nSPS) is 26.1. The van der Waals surface area contributed by atoms with Crippen LogP contribution in [-0.4, -0.2) is 45.7 Å². The SMILES string of the molecule is CC=C(C)C(=O)OC1Cc2c3c(c4oc(CO)cc(=O)c4c2O)C(C2=CCNC(N)=C2)C(c2cccc(O)c2)C#CCC(CC2=CNC(N)C=C2)C1(C)O3. The minimum atomic E-state index is -1.25. The second kappa shape index (κ2) is 14.5. The van der Waals surface area contributed by atoms with Gasteiger partial charge in [0.15, 0.2) is 5.43 Å². The van der Waals surface area contributed by atoms with Crippen molar-refractivity contribution in [1.29, 1.82) is 0 Å². The van der Waals surface area contributed by atoms with Crippen molar-refractivity contribution in [1.82, 2.24) is 10.6 Å². The lowest BCUT2D eigenvalue weighted by molar-refractivity contribution is -0.164. The largest absolute Gasteiger partial charge is 0.508 e. The van der Waals surface area contributed by atoms with Crippen molar-refractivity contribution in [2.45, 2.75) is 76.3 Å². The summed E-state index contributed by atoms with van der Waals surface area (Å²) < 4.78 is 19.8. The van der Waals surface area contributed by atoms with Crippen LogP contribution >= 0.6 is 0 Å². The summed E-state index contributed by atoms with van der Waals surface area (Å²) in [5.41, 5.74) is 14.0. The van der Waals surface area contributed by atoms with Gasteiger partial charge in [0.2, 0.25) is 0 Å². The number of esters is 1. The van der Waals surface area contributed by atoms with Crippen molar-refractivity contribution < 1.29 is 34.0 Å². The number of carbonyl (C=O) groups excluding carboxylic acids is 1. The van der Waals surface area contributed by atoms with E-state index in [1.807, 2.05) is 37.4 Å². The number of allylic oxidation sites excluding steroid dienone is 5. The number of aliphatic hydroxyl groups is 1. The van der Waals surface area contributed by atoms with Crippen LogP contribution in [0.2, 0.25) is 0 Å². The number of aromatic hydroxyl groups is 2. The van der Waals surface area contributed by atoms with Crippen LogP contribution in [0.3, 0.4) is 0 Å². The fraction of sp³-hybridized carbons (Fsp3) is 0.333. The van der Waals surface area contributed by atoms with Crippen LogP contribution < -0.4 is 32.3 Å². The number of dihydropyridines is 2. The monoisotopic (exact) mass is 732 g/mol. The van der Waals surface area contributed by atoms with E-state index in [1.54, 1.807) is 44.2 Å². The van der Waals surface area contributed by atoms with Crippen molar-refractivity contribution in [3.05, 3.63) is 122 Å². The minimum absolute atomic E-state index is 0.00539. The molecule has 1 aromatic heterocycles. The molecule has 7 rings (SSSR count). The lowest BCUT2D eigenvalue weighted by Gasteiger charge is -2.48. The molecule has 4 aliphatic heterocycles. The molecule has 3 aromatic rings. The minimum Gasteiger partial charge on any atom is -0.508 e. The summed E-state index contributed by atoms with van der Waals surface area (Å²) >= 11 is 0. The number of hydrogen-bond donors (Lipinski definition) is 7. The molecule has 0 saturated heterocycles. The van der Waals surface area contributed by atoms with E-state index in [0.717, 1.165) is 17.2 Å². The average Bonchev–Trinajstić information content (AvgIpc) is 3.15. The predicted octanol–water partition coefficient (Wildman–Crippen LogP) is 4.21. The highest BCUT2D eigenvalue weighted by atomic mass is 16.6. The first kappa shape index (κ1) is 36.5. The highest BCUT2D eigenvalue weighted by molar-refractivity contribution is 5.92. The Morgan fingerprint density at radius 1 is 1.24 bits per heavy atom. The molecule has 12 nitrogen and oxygen atoms in total. The first-order chi connectivity index (χ1) is 25.9. The van der Waals surface area contributed by atoms with Crippen molar-refractivity contribution in [3.63, 3.8) is 0 Å². The first-order valence-corrected chi connectivity index (χ1v) is 18.0. The summed E-state index contributed by atoms with van der Waals surface area (Å²) in [5.74, 6) is 4.94. The molecule has 6 unspecified atom stereocenters. The molecule has 4 aliphatic rings. The fourth-order valence-corrected chi connectivity index (χ4v) is 7.78. The van der Waals surface area contributed by atoms with E-state index >= 15 is 0 Å². The summed E-state index contributed by atoms with van der Waals surface area (Å²) in [6.07, 6.45) is 10.5. The quantitative estimate of drug-likeness (QED) is 0.104. The van der Waals surface area contributed by atoms with Gasteiger partial charge in [0.25, 0.3) is 0 Å². The van der Waals surface area contributed by atoms with Gasteiger partial charge in [-0.15, -0.1) is 5.92 Å². The molecule has 5 heterocycles. The van der Waals surface area contributed by atoms with Gasteiger partial charge in [-0.1, -0.05) is 36.3 Å². The second-order valence-corrected chi connectivity index (χ2v) is 14.3. The Kier molecular flexibility index (Phi) is 9.79. The van der Waals surface area contributed by atoms with Crippen molar-refractivity contribution in [3.8, 4) is 29.1 Å². The molecule has 54 heavy (non-hydrogen) atoms. The van der Waals surface area contributed by atoms with E-state index in [-0.39, 0.29) is 52.1 Å². The zero-order chi connectivity index (χ0) is 38.3. The van der Waals surface area contributed by atoms with Gasteiger partial charge in [0.05, 0.1) is 17.9 Å². The molecule has 0 radical (unpaired) electrons. The average molecular weight is 733 g/mol. The Bertz CT molecular complexity index is 2310. The van der Waals surface area contributed by atoms with Gasteiger partial charge in [0.1, 0.15) is 52.3 Å². The summed E-state index contributed by atoms with van der Waals surface area (Å²) in [6.45, 7) is 5.10. The highest BCUT2D eigenvalue weighted by Gasteiger charge is 2.52. The number of phenols is 2. The van der Waals surface area contributed by atoms with Crippen LogP contribution in [0.1, 0.15) is 67.9 Å². The van der Waals surface area contributed by atoms with Crippen molar-refractivity contribution in [2.24, 2.45) is 17.4 Å². The highest BCUT2D eigenvalue weighted by Crippen LogP contribution is 2.55. The molecule has 0 saturated carbocycles. The molecule has 280 valence electrons. The van der Waals surface area contributed by atoms with Crippen LogP contribution in [0.4, 0.5) is 0 Å². The van der Waals surface area contributed by atoms with E-state index in [9.17, 15) is 24.9 Å². The van der Waals surface area contributed by atoms with E-state index in [4.69, 9.17) is 25.4 Å². The summed E-state index contributed by atoms with van der Waals surface area (Å²) in [6, 6.07) is 7.97. The number of phenolic OH excluding ortho intramolecular Hbond substituents is 2. The van der Waals surface area contributed by atoms with Crippen LogP contribution in [0.5, 0.6) is 17.2 Å². The van der Waals surface area contributed by atoms with Gasteiger partial charge in [-0.05, 0) is 68.2 Å². The van der Waals surface area contributed by atoms with Crippen LogP contribution in [0, 0.1) is 17.8 Å². The number of benzene rings is 2. The number of carbonyl (C=O) groups is 1. The number of nitrogens with one attached hydrogen (secondary N) is 2. The molecule has 12 heteroatoms. The van der Waals surface area contributed by atoms with Gasteiger partial charge >= 0.3 is 5.97 Å². The Balaban J connectivity index is 1.58. The Morgan fingerprint density at radius 3 is 2.76 bits per heavy atom. The number of aliphatic hydroxyl groups excluding tert-OH is 1. The molecular weight excluding hydrogens is 688 g/mol. The standard InChI is InChI=1S/C42H44N4O8/c1-4-22(2)41(51)53-32-19-30-38(50)36-31(49)18-28(21-47)52-40(36)37-35(25-13-14-45-34(44)17-25)29(24-7-5-9-27(48)16-24)10-6-8-26(42(32,3)54-39(30)37)15-23-11-12-33(43)46-20-23/h4-5,7,9,11-13,16-18,20,26,29,32-33,35,45-48,50H,8,14-15,19,21,43-44H2,1-3H3. The van der Waals surface area contributed by atoms with E-state index in [0.29, 0.717) is 41.9 Å². The van der Waals surface area contributed by atoms with Crippen molar-refractivity contribution >= 4 is 16.9 Å². The zero-order valence-corrected chi connectivity index (χ0v) is 30.3. The molecule has 0 spiro atoms. The fourth-order valence-electron chi connectivity index (χ4n) is 7.78. The van der Waals surface area contributed by atoms with E-state index < -0.39 is 47.5 Å². The molecule has 0 fully saturated rings. The van der Waals surface area contributed by atoms with Gasteiger partial charge in [-0.25, -0.2) is 4.79 Å². The summed E-state index contributed by atoms with van der Waals surface area (Å²) in [5, 5.41) is 39.1. The Labute approximate surface area is 312 Å². The molecule has 6 atom stereocenters. The van der Waals surface area contributed by atoms with Gasteiger partial charge in [-0.3, -0.25) is 4.79 Å². The Morgan fingerprint density at radius 2 is 2.06 bits per heavy atom. The van der Waals surface area contributed by atoms with Gasteiger partial charge in [-0.2, -0.15) is 0 Å². The van der Waals surface area contributed by atoms with Crippen molar-refractivity contribution in [2.75, 3.05) is 6.54 Å². The number of rotatable bonds is 7. The second-order valence-electron chi connectivity index (χ2n) is 14.3. The molecule has 0 amide bonds. The Hall–Kier alpha value is -5.90. The number of hydrogen-bond acceptors (Lipinski definition) is 12. The van der Waals surface area contributed by atoms with Gasteiger partial charge in [0, 0.05) is 60.2 Å². The van der Waals surface area contributed by atoms with Gasteiger partial charge < -0.3 is 51.3 Å². The topological polar surface area (TPSA) is 203 Å². The maximum absolute atomic E-state index is 13.9. The summed E-state index contributed by atoms with van der Waals surface area (Å²) in [4.78, 5) is 27.4. The first-order valence-electron chi connectivity index (χ1n) is 18.0. The van der Waals surface area contributed by atoms with E-state index in [2.05, 4.69) is 22.5 Å². The third kappa shape index (κ3) is 6.61.